The summed E-state index contributed by atoms with van der Waals surface area (Å²) < 4.78 is 5.25. The van der Waals surface area contributed by atoms with Crippen LogP contribution in [-0.4, -0.2) is 17.1 Å². The third-order valence-corrected chi connectivity index (χ3v) is 4.49. The summed E-state index contributed by atoms with van der Waals surface area (Å²) in [4.78, 5) is 19.4. The topological polar surface area (TPSA) is 55.0 Å². The summed E-state index contributed by atoms with van der Waals surface area (Å²) in [7, 11) is 1.65. The lowest BCUT2D eigenvalue weighted by molar-refractivity contribution is 0.415. The molecule has 3 aromatic carbocycles. The monoisotopic (exact) mass is 362 g/mol. The molecule has 0 aliphatic heterocycles. The lowest BCUT2D eigenvalue weighted by Crippen LogP contribution is -2.10. The maximum Gasteiger partial charge on any atom is 0.259 e. The Labute approximate surface area is 154 Å². The van der Waals surface area contributed by atoms with E-state index in [1.54, 1.807) is 31.4 Å². The highest BCUT2D eigenvalue weighted by molar-refractivity contribution is 6.50. The van der Waals surface area contributed by atoms with Crippen molar-refractivity contribution in [2.24, 2.45) is 0 Å². The molecule has 1 N–H and O–H groups in total. The fourth-order valence-electron chi connectivity index (χ4n) is 2.87. The molecule has 5 heteroatoms. The van der Waals surface area contributed by atoms with Crippen molar-refractivity contribution in [3.8, 4) is 5.75 Å². The summed E-state index contributed by atoms with van der Waals surface area (Å²) >= 11 is 6.42. The fraction of sp³-hybridized carbons (Fsp3) is 0.0476. The molecule has 0 aliphatic rings. The van der Waals surface area contributed by atoms with Gasteiger partial charge in [0.25, 0.3) is 5.56 Å². The van der Waals surface area contributed by atoms with Gasteiger partial charge in [-0.2, -0.15) is 0 Å². The first kappa shape index (κ1) is 16.4. The van der Waals surface area contributed by atoms with Crippen LogP contribution in [0.3, 0.4) is 0 Å². The van der Waals surface area contributed by atoms with Crippen molar-refractivity contribution in [2.45, 2.75) is 0 Å². The Hall–Kier alpha value is -3.11. The number of aromatic nitrogens is 2. The van der Waals surface area contributed by atoms with Gasteiger partial charge in [-0.05, 0) is 52.7 Å². The lowest BCUT2D eigenvalue weighted by Gasteiger charge is -2.05. The van der Waals surface area contributed by atoms with Crippen molar-refractivity contribution < 1.29 is 4.74 Å². The molecule has 128 valence electrons. The molecule has 0 bridgehead atoms. The number of nitrogens with one attached hydrogen (secondary N) is 1. The predicted molar refractivity (Wildman–Crippen MR) is 107 cm³/mol. The van der Waals surface area contributed by atoms with Gasteiger partial charge in [0.2, 0.25) is 0 Å². The summed E-state index contributed by atoms with van der Waals surface area (Å²) in [5.74, 6) is 1.17. The average molecular weight is 363 g/mol. The van der Waals surface area contributed by atoms with Crippen LogP contribution in [0.4, 0.5) is 0 Å². The van der Waals surface area contributed by atoms with Gasteiger partial charge in [0.15, 0.2) is 5.82 Å². The molecule has 0 saturated heterocycles. The highest BCUT2D eigenvalue weighted by Crippen LogP contribution is 2.25. The second-order valence-electron chi connectivity index (χ2n) is 5.90. The van der Waals surface area contributed by atoms with E-state index < -0.39 is 0 Å². The Morgan fingerprint density at radius 1 is 1.08 bits per heavy atom. The Morgan fingerprint density at radius 2 is 1.85 bits per heavy atom. The number of halogens is 1. The number of H-pyrrole nitrogens is 1. The molecule has 0 aliphatic carbocycles. The molecule has 0 fully saturated rings. The van der Waals surface area contributed by atoms with Crippen molar-refractivity contribution in [1.29, 1.82) is 0 Å². The zero-order chi connectivity index (χ0) is 18.1. The predicted octanol–water partition coefficient (Wildman–Crippen LogP) is 4.82. The van der Waals surface area contributed by atoms with Gasteiger partial charge < -0.3 is 9.72 Å². The number of aromatic amines is 1. The summed E-state index contributed by atoms with van der Waals surface area (Å²) in [5, 5.41) is 3.07. The van der Waals surface area contributed by atoms with E-state index in [1.165, 1.54) is 0 Å². The Morgan fingerprint density at radius 3 is 2.69 bits per heavy atom. The van der Waals surface area contributed by atoms with Crippen LogP contribution in [0.25, 0.3) is 32.8 Å². The Kier molecular flexibility index (Phi) is 4.19. The first-order valence-corrected chi connectivity index (χ1v) is 8.46. The van der Waals surface area contributed by atoms with Crippen molar-refractivity contribution in [3.05, 3.63) is 82.4 Å². The van der Waals surface area contributed by atoms with E-state index in [9.17, 15) is 4.79 Å². The number of ether oxygens (including phenoxy) is 1. The second-order valence-corrected chi connectivity index (χ2v) is 6.30. The van der Waals surface area contributed by atoms with Crippen LogP contribution in [0.1, 0.15) is 11.4 Å². The number of benzene rings is 3. The molecule has 0 saturated carbocycles. The molecular formula is C21H15ClN2O2. The second kappa shape index (κ2) is 6.65. The van der Waals surface area contributed by atoms with Crippen LogP contribution < -0.4 is 10.3 Å². The summed E-state index contributed by atoms with van der Waals surface area (Å²) in [6, 6.07) is 19.1. The van der Waals surface area contributed by atoms with Crippen LogP contribution in [0.2, 0.25) is 0 Å². The van der Waals surface area contributed by atoms with E-state index in [4.69, 9.17) is 16.3 Å². The normalized spacial score (nSPS) is 11.8. The van der Waals surface area contributed by atoms with Crippen molar-refractivity contribution >= 4 is 44.4 Å². The van der Waals surface area contributed by atoms with Crippen LogP contribution in [0, 0.1) is 0 Å². The van der Waals surface area contributed by atoms with Crippen LogP contribution in [0.5, 0.6) is 5.75 Å². The van der Waals surface area contributed by atoms with Crippen LogP contribution in [0.15, 0.2) is 65.5 Å². The number of hydrogen-bond acceptors (Lipinski definition) is 3. The van der Waals surface area contributed by atoms with Gasteiger partial charge in [-0.3, -0.25) is 4.79 Å². The molecule has 4 rings (SSSR count). The van der Waals surface area contributed by atoms with E-state index in [0.717, 1.165) is 22.1 Å². The maximum absolute atomic E-state index is 12.2. The van der Waals surface area contributed by atoms with Crippen LogP contribution >= 0.6 is 11.6 Å². The summed E-state index contributed by atoms with van der Waals surface area (Å²) in [5.41, 5.74) is 1.33. The smallest absolute Gasteiger partial charge is 0.259 e. The number of fused-ring (bicyclic) bond motifs is 2. The Bertz CT molecular complexity index is 1210. The van der Waals surface area contributed by atoms with Crippen molar-refractivity contribution in [1.82, 2.24) is 9.97 Å². The minimum absolute atomic E-state index is 0.206. The summed E-state index contributed by atoms with van der Waals surface area (Å²) in [6.07, 6.45) is 1.79. The SMILES string of the molecule is COc1ccc2cc(/C=C(\Cl)c3nc4ccccc4c(=O)[nH]3)ccc2c1. The molecule has 0 spiro atoms. The molecule has 1 heterocycles. The van der Waals surface area contributed by atoms with E-state index in [-0.39, 0.29) is 5.56 Å². The fourth-order valence-corrected chi connectivity index (χ4v) is 3.09. The van der Waals surface area contributed by atoms with Gasteiger partial charge in [0, 0.05) is 0 Å². The zero-order valence-electron chi connectivity index (χ0n) is 14.0. The number of rotatable bonds is 3. The van der Waals surface area contributed by atoms with Gasteiger partial charge in [-0.15, -0.1) is 0 Å². The zero-order valence-corrected chi connectivity index (χ0v) is 14.7. The van der Waals surface area contributed by atoms with Crippen LogP contribution in [-0.2, 0) is 0 Å². The average Bonchev–Trinajstić information content (AvgIpc) is 2.67. The van der Waals surface area contributed by atoms with Gasteiger partial charge in [0.05, 0.1) is 23.0 Å². The highest BCUT2D eigenvalue weighted by Gasteiger charge is 2.07. The van der Waals surface area contributed by atoms with E-state index in [1.807, 2.05) is 42.5 Å². The molecule has 0 unspecified atom stereocenters. The van der Waals surface area contributed by atoms with Gasteiger partial charge in [-0.25, -0.2) is 4.98 Å². The largest absolute Gasteiger partial charge is 0.497 e. The number of para-hydroxylation sites is 1. The lowest BCUT2D eigenvalue weighted by atomic mass is 10.1. The van der Waals surface area contributed by atoms with E-state index in [2.05, 4.69) is 9.97 Å². The molecule has 4 nitrogen and oxygen atoms in total. The third kappa shape index (κ3) is 3.07. The quantitative estimate of drug-likeness (QED) is 0.568. The van der Waals surface area contributed by atoms with Gasteiger partial charge in [-0.1, -0.05) is 41.9 Å². The Balaban J connectivity index is 1.76. The van der Waals surface area contributed by atoms with E-state index in [0.29, 0.717) is 21.8 Å². The first-order valence-electron chi connectivity index (χ1n) is 8.08. The third-order valence-electron chi connectivity index (χ3n) is 4.20. The molecule has 0 radical (unpaired) electrons. The van der Waals surface area contributed by atoms with Gasteiger partial charge >= 0.3 is 0 Å². The van der Waals surface area contributed by atoms with Gasteiger partial charge in [0.1, 0.15) is 5.75 Å². The highest BCUT2D eigenvalue weighted by atomic mass is 35.5. The molecule has 26 heavy (non-hydrogen) atoms. The van der Waals surface area contributed by atoms with E-state index >= 15 is 0 Å². The molecule has 0 atom stereocenters. The minimum atomic E-state index is -0.206. The van der Waals surface area contributed by atoms with Crippen molar-refractivity contribution in [3.63, 3.8) is 0 Å². The molecule has 0 amide bonds. The number of hydrogen-bond donors (Lipinski definition) is 1. The standard InChI is InChI=1S/C21H15ClN2O2/c1-26-16-9-8-14-10-13(6-7-15(14)12-16)11-18(22)20-23-19-5-3-2-4-17(19)21(25)24-20/h2-12H,1H3,(H,23,24,25)/b18-11-. The first-order chi connectivity index (χ1) is 12.6. The molecule has 4 aromatic rings. The number of nitrogens with zero attached hydrogens (tertiary/aromatic N) is 1. The van der Waals surface area contributed by atoms with Crippen molar-refractivity contribution in [2.75, 3.05) is 7.11 Å². The summed E-state index contributed by atoms with van der Waals surface area (Å²) in [6.45, 7) is 0. The maximum atomic E-state index is 12.2. The molecular weight excluding hydrogens is 348 g/mol. The molecule has 1 aromatic heterocycles. The number of methoxy groups -OCH3 is 1. The minimum Gasteiger partial charge on any atom is -0.497 e.